The molecule has 0 aromatic heterocycles. The fourth-order valence-electron chi connectivity index (χ4n) is 6.52. The Bertz CT molecular complexity index is 1240. The lowest BCUT2D eigenvalue weighted by Gasteiger charge is -2.30. The zero-order valence-corrected chi connectivity index (χ0v) is 24.3. The Hall–Kier alpha value is -3.35. The minimum atomic E-state index is -0.590. The van der Waals surface area contributed by atoms with Crippen LogP contribution in [0.4, 0.5) is 10.5 Å². The van der Waals surface area contributed by atoms with E-state index in [4.69, 9.17) is 9.47 Å². The van der Waals surface area contributed by atoms with E-state index < -0.39 is 17.7 Å². The number of likely N-dealkylation sites (tertiary alicyclic amines) is 1. The number of nitrogens with zero attached hydrogens (tertiary/aromatic N) is 2. The first-order valence-electron chi connectivity index (χ1n) is 14.7. The molecule has 2 amide bonds. The van der Waals surface area contributed by atoms with Crippen LogP contribution in [0.2, 0.25) is 0 Å². The molecule has 0 unspecified atom stereocenters. The number of benzene rings is 2. The predicted octanol–water partition coefficient (Wildman–Crippen LogP) is 6.48. The average molecular weight is 547 g/mol. The van der Waals surface area contributed by atoms with Gasteiger partial charge in [0.1, 0.15) is 11.6 Å². The summed E-state index contributed by atoms with van der Waals surface area (Å²) in [5, 5.41) is 0. The molecule has 3 aliphatic rings. The van der Waals surface area contributed by atoms with Gasteiger partial charge in [0.25, 0.3) is 0 Å². The summed E-state index contributed by atoms with van der Waals surface area (Å²) in [5.74, 6) is 0.865. The predicted molar refractivity (Wildman–Crippen MR) is 155 cm³/mol. The third kappa shape index (κ3) is 6.18. The van der Waals surface area contributed by atoms with Crippen molar-refractivity contribution in [1.82, 2.24) is 4.90 Å². The number of amides is 2. The molecule has 0 spiro atoms. The van der Waals surface area contributed by atoms with E-state index in [-0.39, 0.29) is 11.9 Å². The molecule has 1 saturated carbocycles. The van der Waals surface area contributed by atoms with Gasteiger partial charge < -0.3 is 14.4 Å². The molecular weight excluding hydrogens is 504 g/mol. The molecule has 1 aliphatic carbocycles. The lowest BCUT2D eigenvalue weighted by Crippen LogP contribution is -2.48. The lowest BCUT2D eigenvalue weighted by molar-refractivity contribution is -0.142. The van der Waals surface area contributed by atoms with Crippen molar-refractivity contribution in [3.63, 3.8) is 0 Å². The summed E-state index contributed by atoms with van der Waals surface area (Å²) in [7, 11) is 1.46. The van der Waals surface area contributed by atoms with Gasteiger partial charge >= 0.3 is 12.1 Å². The first-order valence-corrected chi connectivity index (χ1v) is 14.7. The third-order valence-electron chi connectivity index (χ3n) is 8.65. The van der Waals surface area contributed by atoms with Crippen LogP contribution in [0, 0.1) is 5.92 Å². The average Bonchev–Trinajstić information content (AvgIpc) is 3.60. The lowest BCUT2D eigenvalue weighted by atomic mass is 9.77. The van der Waals surface area contributed by atoms with Crippen molar-refractivity contribution in [2.75, 3.05) is 25.1 Å². The van der Waals surface area contributed by atoms with Crippen LogP contribution in [0.1, 0.15) is 82.8 Å². The first-order chi connectivity index (χ1) is 19.1. The first kappa shape index (κ1) is 28.2. The Labute approximate surface area is 237 Å². The van der Waals surface area contributed by atoms with Crippen molar-refractivity contribution >= 4 is 23.7 Å². The Balaban J connectivity index is 1.23. The maximum absolute atomic E-state index is 13.6. The van der Waals surface area contributed by atoms with Crippen LogP contribution in [0.25, 0.3) is 11.1 Å². The highest BCUT2D eigenvalue weighted by molar-refractivity contribution is 6.01. The molecule has 2 aliphatic heterocycles. The quantitative estimate of drug-likeness (QED) is 0.401. The molecule has 0 N–H and O–H groups in total. The van der Waals surface area contributed by atoms with E-state index in [9.17, 15) is 14.4 Å². The smallest absolute Gasteiger partial charge is 0.410 e. The van der Waals surface area contributed by atoms with Crippen molar-refractivity contribution in [3.8, 4) is 11.1 Å². The number of carbonyl (C=O) groups excluding carboxylic acids is 3. The molecule has 2 aromatic rings. The highest BCUT2D eigenvalue weighted by atomic mass is 16.6. The van der Waals surface area contributed by atoms with Gasteiger partial charge in [-0.1, -0.05) is 30.3 Å². The van der Waals surface area contributed by atoms with Crippen molar-refractivity contribution < 1.29 is 23.9 Å². The van der Waals surface area contributed by atoms with Gasteiger partial charge in [-0.05, 0) is 112 Å². The largest absolute Gasteiger partial charge is 0.469 e. The Kier molecular flexibility index (Phi) is 8.20. The van der Waals surface area contributed by atoms with Crippen LogP contribution >= 0.6 is 0 Å². The van der Waals surface area contributed by atoms with E-state index in [1.165, 1.54) is 23.8 Å². The van der Waals surface area contributed by atoms with Gasteiger partial charge in [0.2, 0.25) is 5.91 Å². The second-order valence-corrected chi connectivity index (χ2v) is 12.5. The Morgan fingerprint density at radius 2 is 1.60 bits per heavy atom. The van der Waals surface area contributed by atoms with Gasteiger partial charge in [0.05, 0.1) is 7.11 Å². The molecule has 2 heterocycles. The molecule has 2 fully saturated rings. The van der Waals surface area contributed by atoms with Crippen molar-refractivity contribution in [2.24, 2.45) is 5.92 Å². The SMILES string of the molecule is COC(=O)C[C@H]1CC[C@H](c2ccc(-c3ccc4c(c3)CCN4C(=O)[C@@H]3CCCN3C(=O)OC(C)(C)C)cc2)CC1. The third-order valence-corrected chi connectivity index (χ3v) is 8.65. The summed E-state index contributed by atoms with van der Waals surface area (Å²) in [6.07, 6.45) is 6.76. The standard InChI is InChI=1S/C33H42N2O5/c1-33(2,3)40-32(38)35-18-5-6-29(35)31(37)34-19-17-27-21-26(15-16-28(27)34)25-13-11-24(12-14-25)23-9-7-22(8-10-23)20-30(36)39-4/h11-16,21-23,29H,5-10,17-20H2,1-4H3/t22-,23-,29-/m0/s1. The summed E-state index contributed by atoms with van der Waals surface area (Å²) in [5.41, 5.74) is 5.21. The van der Waals surface area contributed by atoms with E-state index in [1.807, 2.05) is 25.7 Å². The van der Waals surface area contributed by atoms with Crippen LogP contribution in [0.15, 0.2) is 42.5 Å². The summed E-state index contributed by atoms with van der Waals surface area (Å²) in [6.45, 7) is 6.72. The number of ether oxygens (including phenoxy) is 2. The van der Waals surface area contributed by atoms with E-state index in [1.54, 1.807) is 4.90 Å². The summed E-state index contributed by atoms with van der Waals surface area (Å²) < 4.78 is 10.4. The van der Waals surface area contributed by atoms with Crippen LogP contribution < -0.4 is 4.90 Å². The van der Waals surface area contributed by atoms with Crippen LogP contribution in [-0.2, 0) is 25.5 Å². The highest BCUT2D eigenvalue weighted by Crippen LogP contribution is 2.39. The normalized spacial score (nSPS) is 22.6. The minimum absolute atomic E-state index is 0.0134. The number of rotatable bonds is 5. The summed E-state index contributed by atoms with van der Waals surface area (Å²) in [4.78, 5) is 41.4. The number of hydrogen-bond acceptors (Lipinski definition) is 5. The monoisotopic (exact) mass is 546 g/mol. The van der Waals surface area contributed by atoms with Gasteiger partial charge in [-0.2, -0.15) is 0 Å². The molecule has 1 atom stereocenters. The molecule has 2 aromatic carbocycles. The molecule has 214 valence electrons. The van der Waals surface area contributed by atoms with Crippen molar-refractivity contribution in [2.45, 2.75) is 89.7 Å². The van der Waals surface area contributed by atoms with Crippen LogP contribution in [0.3, 0.4) is 0 Å². The van der Waals surface area contributed by atoms with E-state index in [2.05, 4.69) is 42.5 Å². The summed E-state index contributed by atoms with van der Waals surface area (Å²) in [6, 6.07) is 14.8. The Morgan fingerprint density at radius 1 is 0.900 bits per heavy atom. The summed E-state index contributed by atoms with van der Waals surface area (Å²) >= 11 is 0. The zero-order chi connectivity index (χ0) is 28.4. The topological polar surface area (TPSA) is 76.2 Å². The van der Waals surface area contributed by atoms with Crippen LogP contribution in [-0.4, -0.2) is 54.7 Å². The minimum Gasteiger partial charge on any atom is -0.469 e. The van der Waals surface area contributed by atoms with Gasteiger partial charge in [0.15, 0.2) is 0 Å². The second-order valence-electron chi connectivity index (χ2n) is 12.5. The van der Waals surface area contributed by atoms with E-state index in [0.717, 1.165) is 49.8 Å². The second kappa shape index (κ2) is 11.6. The van der Waals surface area contributed by atoms with Crippen molar-refractivity contribution in [1.29, 1.82) is 0 Å². The molecule has 7 nitrogen and oxygen atoms in total. The van der Waals surface area contributed by atoms with Crippen LogP contribution in [0.5, 0.6) is 0 Å². The fourth-order valence-corrected chi connectivity index (χ4v) is 6.52. The maximum Gasteiger partial charge on any atom is 0.410 e. The van der Waals surface area contributed by atoms with Gasteiger partial charge in [-0.3, -0.25) is 14.5 Å². The number of methoxy groups -OCH3 is 1. The molecule has 5 rings (SSSR count). The molecular formula is C33H42N2O5. The number of fused-ring (bicyclic) bond motifs is 1. The maximum atomic E-state index is 13.6. The highest BCUT2D eigenvalue weighted by Gasteiger charge is 2.40. The Morgan fingerprint density at radius 3 is 2.27 bits per heavy atom. The molecule has 0 radical (unpaired) electrons. The van der Waals surface area contributed by atoms with Crippen molar-refractivity contribution in [3.05, 3.63) is 53.6 Å². The molecule has 40 heavy (non-hydrogen) atoms. The number of hydrogen-bond donors (Lipinski definition) is 0. The number of esters is 1. The molecule has 1 saturated heterocycles. The van der Waals surface area contributed by atoms with Gasteiger partial charge in [-0.25, -0.2) is 4.79 Å². The fraction of sp³-hybridized carbons (Fsp3) is 0.545. The van der Waals surface area contributed by atoms with E-state index >= 15 is 0 Å². The van der Waals surface area contributed by atoms with Gasteiger partial charge in [0, 0.05) is 25.2 Å². The number of carbonyl (C=O) groups is 3. The molecule has 7 heteroatoms. The number of anilines is 1. The molecule has 0 bridgehead atoms. The van der Waals surface area contributed by atoms with E-state index in [0.29, 0.717) is 37.8 Å². The zero-order valence-electron chi connectivity index (χ0n) is 24.3. The van der Waals surface area contributed by atoms with Gasteiger partial charge in [-0.15, -0.1) is 0 Å².